The van der Waals surface area contributed by atoms with E-state index >= 15 is 0 Å². The summed E-state index contributed by atoms with van der Waals surface area (Å²) in [5, 5.41) is 10.4. The molecule has 0 radical (unpaired) electrons. The molecule has 1 aromatic heterocycles. The average Bonchev–Trinajstić information content (AvgIpc) is 2.95. The van der Waals surface area contributed by atoms with Crippen LogP contribution in [0.5, 0.6) is 0 Å². The second-order valence-corrected chi connectivity index (χ2v) is 5.46. The van der Waals surface area contributed by atoms with Gasteiger partial charge in [0.15, 0.2) is 5.13 Å². The minimum atomic E-state index is -0.0476. The quantitative estimate of drug-likeness (QED) is 0.896. The summed E-state index contributed by atoms with van der Waals surface area (Å²) < 4.78 is 5.62. The molecule has 1 fully saturated rings. The van der Waals surface area contributed by atoms with Gasteiger partial charge in [-0.3, -0.25) is 0 Å². The minimum absolute atomic E-state index is 0.0476. The first-order valence-corrected chi connectivity index (χ1v) is 7.06. The fraction of sp³-hybridized carbons (Fsp3) is 0.727. The summed E-state index contributed by atoms with van der Waals surface area (Å²) in [6, 6.07) is 0. The number of halogens is 1. The lowest BCUT2D eigenvalue weighted by atomic mass is 10.2. The highest BCUT2D eigenvalue weighted by molar-refractivity contribution is 7.16. The second-order valence-electron chi connectivity index (χ2n) is 4.04. The molecule has 1 atom stereocenters. The Hall–Kier alpha value is -0.360. The van der Waals surface area contributed by atoms with Gasteiger partial charge in [-0.2, -0.15) is 0 Å². The van der Waals surface area contributed by atoms with Crippen molar-refractivity contribution in [3.05, 3.63) is 10.0 Å². The number of ether oxygens (including phenoxy) is 1. The molecule has 1 aromatic rings. The van der Waals surface area contributed by atoms with E-state index in [2.05, 4.69) is 16.8 Å². The Balaban J connectivity index is 2.05. The van der Waals surface area contributed by atoms with Crippen LogP contribution in [0.25, 0.3) is 0 Å². The van der Waals surface area contributed by atoms with Gasteiger partial charge in [0.1, 0.15) is 5.15 Å². The molecule has 1 aliphatic heterocycles. The molecule has 0 bridgehead atoms. The molecule has 96 valence electrons. The Morgan fingerprint density at radius 1 is 1.65 bits per heavy atom. The monoisotopic (exact) mass is 276 g/mol. The van der Waals surface area contributed by atoms with Crippen LogP contribution in [0.3, 0.4) is 0 Å². The van der Waals surface area contributed by atoms with Gasteiger partial charge in [0.25, 0.3) is 0 Å². The molecule has 2 heterocycles. The van der Waals surface area contributed by atoms with Crippen molar-refractivity contribution in [3.63, 3.8) is 0 Å². The molecule has 0 aliphatic carbocycles. The first-order chi connectivity index (χ1) is 8.24. The van der Waals surface area contributed by atoms with E-state index in [0.29, 0.717) is 11.3 Å². The smallest absolute Gasteiger partial charge is 0.187 e. The summed E-state index contributed by atoms with van der Waals surface area (Å²) in [6.45, 7) is 4.62. The molecule has 0 saturated carbocycles. The Morgan fingerprint density at radius 2 is 2.47 bits per heavy atom. The minimum Gasteiger partial charge on any atom is -0.391 e. The molecule has 2 rings (SSSR count). The largest absolute Gasteiger partial charge is 0.391 e. The van der Waals surface area contributed by atoms with Crippen LogP contribution in [-0.4, -0.2) is 35.9 Å². The van der Waals surface area contributed by atoms with Crippen molar-refractivity contribution in [3.8, 4) is 0 Å². The zero-order chi connectivity index (χ0) is 12.3. The third-order valence-electron chi connectivity index (χ3n) is 2.88. The summed E-state index contributed by atoms with van der Waals surface area (Å²) in [5.74, 6) is 0. The van der Waals surface area contributed by atoms with Crippen LogP contribution in [0.1, 0.15) is 24.6 Å². The van der Waals surface area contributed by atoms with E-state index in [1.807, 2.05) is 0 Å². The van der Waals surface area contributed by atoms with E-state index in [-0.39, 0.29) is 6.61 Å². The number of hydrogen-bond acceptors (Lipinski definition) is 5. The van der Waals surface area contributed by atoms with Gasteiger partial charge in [-0.1, -0.05) is 22.9 Å². The zero-order valence-electron chi connectivity index (χ0n) is 9.86. The first-order valence-electron chi connectivity index (χ1n) is 5.87. The van der Waals surface area contributed by atoms with E-state index in [1.165, 1.54) is 11.3 Å². The third-order valence-corrected chi connectivity index (χ3v) is 4.41. The van der Waals surface area contributed by atoms with Crippen LogP contribution in [0.4, 0.5) is 5.13 Å². The maximum absolute atomic E-state index is 9.11. The summed E-state index contributed by atoms with van der Waals surface area (Å²) in [6.07, 6.45) is 2.56. The van der Waals surface area contributed by atoms with Gasteiger partial charge in [-0.05, 0) is 19.8 Å². The van der Waals surface area contributed by atoms with Crippen molar-refractivity contribution in [1.29, 1.82) is 0 Å². The number of anilines is 1. The summed E-state index contributed by atoms with van der Waals surface area (Å²) >= 11 is 7.40. The summed E-state index contributed by atoms with van der Waals surface area (Å²) in [4.78, 5) is 7.18. The SMILES string of the molecule is CCN(CC1CCCO1)c1nc(Cl)c(CO)s1. The molecule has 0 aromatic carbocycles. The number of rotatable bonds is 5. The molecule has 0 amide bonds. The molecule has 1 saturated heterocycles. The first kappa shape index (κ1) is 13.1. The molecule has 0 spiro atoms. The van der Waals surface area contributed by atoms with E-state index in [0.717, 1.165) is 42.5 Å². The van der Waals surface area contributed by atoms with Crippen molar-refractivity contribution >= 4 is 28.1 Å². The number of aliphatic hydroxyl groups is 1. The highest BCUT2D eigenvalue weighted by atomic mass is 35.5. The predicted molar refractivity (Wildman–Crippen MR) is 69.9 cm³/mol. The normalized spacial score (nSPS) is 19.8. The Bertz CT molecular complexity index is 366. The number of hydrogen-bond donors (Lipinski definition) is 1. The Morgan fingerprint density at radius 3 is 3.00 bits per heavy atom. The Labute approximate surface area is 110 Å². The zero-order valence-corrected chi connectivity index (χ0v) is 11.4. The molecule has 4 nitrogen and oxygen atoms in total. The van der Waals surface area contributed by atoms with Crippen LogP contribution in [0.15, 0.2) is 0 Å². The fourth-order valence-electron chi connectivity index (χ4n) is 1.93. The van der Waals surface area contributed by atoms with Crippen molar-refractivity contribution < 1.29 is 9.84 Å². The highest BCUT2D eigenvalue weighted by Crippen LogP contribution is 2.30. The van der Waals surface area contributed by atoms with Crippen LogP contribution in [-0.2, 0) is 11.3 Å². The predicted octanol–water partition coefficient (Wildman–Crippen LogP) is 2.29. The van der Waals surface area contributed by atoms with Crippen LogP contribution in [0, 0.1) is 0 Å². The molecular weight excluding hydrogens is 260 g/mol. The maximum Gasteiger partial charge on any atom is 0.187 e. The van der Waals surface area contributed by atoms with Gasteiger partial charge in [-0.25, -0.2) is 4.98 Å². The van der Waals surface area contributed by atoms with Gasteiger partial charge in [-0.15, -0.1) is 0 Å². The number of thiazole rings is 1. The lowest BCUT2D eigenvalue weighted by Gasteiger charge is -2.22. The van der Waals surface area contributed by atoms with Gasteiger partial charge in [0, 0.05) is 19.7 Å². The maximum atomic E-state index is 9.11. The van der Waals surface area contributed by atoms with Crippen LogP contribution < -0.4 is 4.90 Å². The van der Waals surface area contributed by atoms with Gasteiger partial charge < -0.3 is 14.7 Å². The van der Waals surface area contributed by atoms with Crippen LogP contribution >= 0.6 is 22.9 Å². The summed E-state index contributed by atoms with van der Waals surface area (Å²) in [7, 11) is 0. The molecule has 1 unspecified atom stereocenters. The van der Waals surface area contributed by atoms with E-state index < -0.39 is 0 Å². The van der Waals surface area contributed by atoms with Gasteiger partial charge >= 0.3 is 0 Å². The van der Waals surface area contributed by atoms with Crippen molar-refractivity contribution in [2.45, 2.75) is 32.5 Å². The van der Waals surface area contributed by atoms with E-state index in [9.17, 15) is 0 Å². The number of aliphatic hydroxyl groups excluding tert-OH is 1. The van der Waals surface area contributed by atoms with E-state index in [4.69, 9.17) is 21.4 Å². The second kappa shape index (κ2) is 6.00. The van der Waals surface area contributed by atoms with Crippen molar-refractivity contribution in [1.82, 2.24) is 4.98 Å². The third kappa shape index (κ3) is 3.10. The lowest BCUT2D eigenvalue weighted by molar-refractivity contribution is 0.115. The summed E-state index contributed by atoms with van der Waals surface area (Å²) in [5.41, 5.74) is 0. The molecule has 1 N–H and O–H groups in total. The van der Waals surface area contributed by atoms with Crippen molar-refractivity contribution in [2.75, 3.05) is 24.6 Å². The molecular formula is C11H17ClN2O2S. The highest BCUT2D eigenvalue weighted by Gasteiger charge is 2.21. The fourth-order valence-corrected chi connectivity index (χ4v) is 3.12. The number of aromatic nitrogens is 1. The Kier molecular flexibility index (Phi) is 4.62. The standard InChI is InChI=1S/C11H17ClN2O2S/c1-2-14(6-8-4-3-5-16-8)11-13-10(12)9(7-15)17-11/h8,15H,2-7H2,1H3. The van der Waals surface area contributed by atoms with E-state index in [1.54, 1.807) is 0 Å². The number of likely N-dealkylation sites (N-methyl/N-ethyl adjacent to an activating group) is 1. The molecule has 17 heavy (non-hydrogen) atoms. The van der Waals surface area contributed by atoms with Gasteiger partial charge in [0.2, 0.25) is 0 Å². The average molecular weight is 277 g/mol. The number of nitrogens with zero attached hydrogens (tertiary/aromatic N) is 2. The van der Waals surface area contributed by atoms with Gasteiger partial charge in [0.05, 0.1) is 17.6 Å². The van der Waals surface area contributed by atoms with Crippen molar-refractivity contribution in [2.24, 2.45) is 0 Å². The lowest BCUT2D eigenvalue weighted by Crippen LogP contribution is -2.31. The van der Waals surface area contributed by atoms with Crippen LogP contribution in [0.2, 0.25) is 5.15 Å². The topological polar surface area (TPSA) is 45.6 Å². The molecule has 1 aliphatic rings. The molecule has 6 heteroatoms.